The third kappa shape index (κ3) is 2.41. The first-order chi connectivity index (χ1) is 10.1. The van der Waals surface area contributed by atoms with Crippen LogP contribution in [-0.4, -0.2) is 9.55 Å². The number of benzene rings is 2. The van der Waals surface area contributed by atoms with E-state index in [4.69, 9.17) is 10.2 Å². The number of nitrogens with zero attached hydrogens (tertiary/aromatic N) is 3. The van der Waals surface area contributed by atoms with Gasteiger partial charge in [-0.1, -0.05) is 23.8 Å². The number of hydrogen-bond donors (Lipinski definition) is 0. The average Bonchev–Trinajstić information content (AvgIpc) is 2.79. The molecule has 3 rings (SSSR count). The molecule has 0 aliphatic rings. The van der Waals surface area contributed by atoms with Crippen LogP contribution in [0, 0.1) is 25.2 Å². The summed E-state index contributed by atoms with van der Waals surface area (Å²) in [4.78, 5) is 4.71. The van der Waals surface area contributed by atoms with Gasteiger partial charge in [0.05, 0.1) is 22.7 Å². The van der Waals surface area contributed by atoms with Crippen LogP contribution in [0.15, 0.2) is 36.4 Å². The molecule has 0 radical (unpaired) electrons. The lowest BCUT2D eigenvalue weighted by Gasteiger charge is -2.07. The van der Waals surface area contributed by atoms with E-state index in [0.717, 1.165) is 23.3 Å². The Bertz CT molecular complexity index is 866. The molecular weight excluding hydrogens is 258 g/mol. The lowest BCUT2D eigenvalue weighted by atomic mass is 10.0. The van der Waals surface area contributed by atoms with E-state index in [1.165, 1.54) is 16.7 Å². The quantitative estimate of drug-likeness (QED) is 0.716. The standard InChI is InChI=1S/C18H17N3/c1-12-4-5-13(2)15(8-12)10-18-20-16-7-6-14(11-19)9-17(16)21(18)3/h4-9H,10H2,1-3H3. The summed E-state index contributed by atoms with van der Waals surface area (Å²) < 4.78 is 2.08. The second kappa shape index (κ2) is 5.06. The molecule has 0 bridgehead atoms. The third-order valence-corrected chi connectivity index (χ3v) is 3.96. The summed E-state index contributed by atoms with van der Waals surface area (Å²) in [6.07, 6.45) is 0.806. The van der Waals surface area contributed by atoms with E-state index in [9.17, 15) is 0 Å². The molecule has 0 saturated carbocycles. The number of imidazole rings is 1. The lowest BCUT2D eigenvalue weighted by Crippen LogP contribution is -2.01. The molecule has 0 saturated heterocycles. The van der Waals surface area contributed by atoms with Gasteiger partial charge in [-0.3, -0.25) is 0 Å². The Morgan fingerprint density at radius 1 is 1.14 bits per heavy atom. The van der Waals surface area contributed by atoms with Crippen molar-refractivity contribution in [1.82, 2.24) is 9.55 Å². The minimum absolute atomic E-state index is 0.670. The van der Waals surface area contributed by atoms with Crippen LogP contribution in [-0.2, 0) is 13.5 Å². The monoisotopic (exact) mass is 275 g/mol. The van der Waals surface area contributed by atoms with Crippen molar-refractivity contribution >= 4 is 11.0 Å². The van der Waals surface area contributed by atoms with Crippen molar-refractivity contribution < 1.29 is 0 Å². The van der Waals surface area contributed by atoms with Gasteiger partial charge in [-0.05, 0) is 43.2 Å². The first-order valence-corrected chi connectivity index (χ1v) is 7.00. The Hall–Kier alpha value is -2.60. The van der Waals surface area contributed by atoms with E-state index in [-0.39, 0.29) is 0 Å². The van der Waals surface area contributed by atoms with Crippen LogP contribution in [0.1, 0.15) is 28.1 Å². The number of nitriles is 1. The smallest absolute Gasteiger partial charge is 0.114 e. The maximum Gasteiger partial charge on any atom is 0.114 e. The van der Waals surface area contributed by atoms with Crippen molar-refractivity contribution in [2.45, 2.75) is 20.3 Å². The second-order valence-corrected chi connectivity index (χ2v) is 5.51. The summed E-state index contributed by atoms with van der Waals surface area (Å²) in [5.74, 6) is 1.02. The highest BCUT2D eigenvalue weighted by molar-refractivity contribution is 5.77. The molecule has 0 fully saturated rings. The maximum absolute atomic E-state index is 9.02. The van der Waals surface area contributed by atoms with Crippen LogP contribution < -0.4 is 0 Å². The van der Waals surface area contributed by atoms with Crippen molar-refractivity contribution in [2.24, 2.45) is 7.05 Å². The van der Waals surface area contributed by atoms with Crippen LogP contribution in [0.3, 0.4) is 0 Å². The molecule has 0 atom stereocenters. The van der Waals surface area contributed by atoms with E-state index in [2.05, 4.69) is 42.7 Å². The molecule has 0 spiro atoms. The molecule has 3 aromatic rings. The highest BCUT2D eigenvalue weighted by Gasteiger charge is 2.10. The fourth-order valence-electron chi connectivity index (χ4n) is 2.63. The topological polar surface area (TPSA) is 41.6 Å². The van der Waals surface area contributed by atoms with Crippen molar-refractivity contribution in [3.05, 3.63) is 64.5 Å². The summed E-state index contributed by atoms with van der Waals surface area (Å²) in [7, 11) is 2.01. The minimum Gasteiger partial charge on any atom is -0.331 e. The largest absolute Gasteiger partial charge is 0.331 e. The van der Waals surface area contributed by atoms with Crippen LogP contribution in [0.25, 0.3) is 11.0 Å². The molecule has 3 nitrogen and oxygen atoms in total. The van der Waals surface area contributed by atoms with Crippen LogP contribution in [0.4, 0.5) is 0 Å². The molecule has 1 heterocycles. The Morgan fingerprint density at radius 3 is 2.71 bits per heavy atom. The van der Waals surface area contributed by atoms with Gasteiger partial charge in [0, 0.05) is 13.5 Å². The number of fused-ring (bicyclic) bond motifs is 1. The van der Waals surface area contributed by atoms with Crippen molar-refractivity contribution in [2.75, 3.05) is 0 Å². The highest BCUT2D eigenvalue weighted by Crippen LogP contribution is 2.20. The van der Waals surface area contributed by atoms with Crippen molar-refractivity contribution in [1.29, 1.82) is 5.26 Å². The molecule has 3 heteroatoms. The molecule has 0 amide bonds. The van der Waals surface area contributed by atoms with E-state index in [1.54, 1.807) is 0 Å². The molecule has 2 aromatic carbocycles. The minimum atomic E-state index is 0.670. The third-order valence-electron chi connectivity index (χ3n) is 3.96. The van der Waals surface area contributed by atoms with Gasteiger partial charge in [0.1, 0.15) is 5.82 Å². The summed E-state index contributed by atoms with van der Waals surface area (Å²) in [6, 6.07) is 14.3. The molecule has 1 aromatic heterocycles. The first-order valence-electron chi connectivity index (χ1n) is 7.00. The fourth-order valence-corrected chi connectivity index (χ4v) is 2.63. The number of rotatable bonds is 2. The van der Waals surface area contributed by atoms with Gasteiger partial charge in [-0.15, -0.1) is 0 Å². The summed E-state index contributed by atoms with van der Waals surface area (Å²) in [5, 5.41) is 9.02. The van der Waals surface area contributed by atoms with Gasteiger partial charge in [-0.2, -0.15) is 5.26 Å². The molecule has 0 unspecified atom stereocenters. The Balaban J connectivity index is 2.07. The normalized spacial score (nSPS) is 10.8. The van der Waals surface area contributed by atoms with Gasteiger partial charge < -0.3 is 4.57 Å². The van der Waals surface area contributed by atoms with E-state index in [1.807, 2.05) is 25.2 Å². The molecule has 0 N–H and O–H groups in total. The summed E-state index contributed by atoms with van der Waals surface area (Å²) >= 11 is 0. The summed E-state index contributed by atoms with van der Waals surface area (Å²) in [6.45, 7) is 4.24. The number of aromatic nitrogens is 2. The Kier molecular flexibility index (Phi) is 3.23. The molecule has 0 aliphatic heterocycles. The highest BCUT2D eigenvalue weighted by atomic mass is 15.1. The van der Waals surface area contributed by atoms with Crippen LogP contribution >= 0.6 is 0 Å². The predicted octanol–water partition coefficient (Wildman–Crippen LogP) is 3.65. The zero-order chi connectivity index (χ0) is 15.0. The Labute approximate surface area is 124 Å². The van der Waals surface area contributed by atoms with Crippen molar-refractivity contribution in [3.63, 3.8) is 0 Å². The van der Waals surface area contributed by atoms with E-state index < -0.39 is 0 Å². The van der Waals surface area contributed by atoms with Gasteiger partial charge in [-0.25, -0.2) is 4.98 Å². The first kappa shape index (κ1) is 13.4. The molecular formula is C18H17N3. The van der Waals surface area contributed by atoms with E-state index in [0.29, 0.717) is 5.56 Å². The average molecular weight is 275 g/mol. The molecule has 0 aliphatic carbocycles. The lowest BCUT2D eigenvalue weighted by molar-refractivity contribution is 0.841. The van der Waals surface area contributed by atoms with Crippen LogP contribution in [0.2, 0.25) is 0 Å². The number of hydrogen-bond acceptors (Lipinski definition) is 2. The molecule has 21 heavy (non-hydrogen) atoms. The van der Waals surface area contributed by atoms with Gasteiger partial charge in [0.2, 0.25) is 0 Å². The Morgan fingerprint density at radius 2 is 1.95 bits per heavy atom. The summed E-state index contributed by atoms with van der Waals surface area (Å²) in [5.41, 5.74) is 6.47. The predicted molar refractivity (Wildman–Crippen MR) is 84.2 cm³/mol. The molecule has 104 valence electrons. The zero-order valence-corrected chi connectivity index (χ0v) is 12.5. The fraction of sp³-hybridized carbons (Fsp3) is 0.222. The van der Waals surface area contributed by atoms with Gasteiger partial charge in [0.25, 0.3) is 0 Å². The maximum atomic E-state index is 9.02. The number of aryl methyl sites for hydroxylation is 3. The van der Waals surface area contributed by atoms with Crippen molar-refractivity contribution in [3.8, 4) is 6.07 Å². The van der Waals surface area contributed by atoms with Gasteiger partial charge >= 0.3 is 0 Å². The second-order valence-electron chi connectivity index (χ2n) is 5.51. The van der Waals surface area contributed by atoms with Crippen LogP contribution in [0.5, 0.6) is 0 Å². The van der Waals surface area contributed by atoms with E-state index >= 15 is 0 Å². The zero-order valence-electron chi connectivity index (χ0n) is 12.5. The SMILES string of the molecule is Cc1ccc(C)c(Cc2nc3ccc(C#N)cc3n2C)c1. The van der Waals surface area contributed by atoms with Gasteiger partial charge in [0.15, 0.2) is 0 Å².